The molecule has 1 atom stereocenters. The van der Waals surface area contributed by atoms with Crippen LogP contribution in [0.4, 0.5) is 0 Å². The highest BCUT2D eigenvalue weighted by Gasteiger charge is 2.22. The molecule has 0 bridgehead atoms. The fourth-order valence-corrected chi connectivity index (χ4v) is 2.93. The van der Waals surface area contributed by atoms with Crippen molar-refractivity contribution >= 4 is 0 Å². The van der Waals surface area contributed by atoms with E-state index in [4.69, 9.17) is 4.74 Å². The molecule has 88 valence electrons. The van der Waals surface area contributed by atoms with E-state index in [0.717, 1.165) is 31.1 Å². The molecular formula is C13H25NO. The summed E-state index contributed by atoms with van der Waals surface area (Å²) in [6, 6.07) is 0.732. The minimum absolute atomic E-state index is 0.732. The van der Waals surface area contributed by atoms with Gasteiger partial charge in [-0.25, -0.2) is 0 Å². The van der Waals surface area contributed by atoms with Crippen molar-refractivity contribution in [3.05, 3.63) is 0 Å². The molecule has 0 aromatic carbocycles. The van der Waals surface area contributed by atoms with Gasteiger partial charge in [-0.1, -0.05) is 12.8 Å². The zero-order valence-corrected chi connectivity index (χ0v) is 10.0. The molecule has 1 aliphatic heterocycles. The number of hydrogen-bond donors (Lipinski definition) is 1. The maximum atomic E-state index is 5.38. The van der Waals surface area contributed by atoms with Crippen LogP contribution in [0.2, 0.25) is 0 Å². The Labute approximate surface area is 93.8 Å². The molecule has 1 saturated heterocycles. The predicted molar refractivity (Wildman–Crippen MR) is 63.0 cm³/mol. The Balaban J connectivity index is 1.63. The summed E-state index contributed by atoms with van der Waals surface area (Å²) in [7, 11) is 0. The summed E-state index contributed by atoms with van der Waals surface area (Å²) in [5.74, 6) is 1.81. The van der Waals surface area contributed by atoms with Crippen LogP contribution in [-0.2, 0) is 4.74 Å². The molecule has 0 unspecified atom stereocenters. The third-order valence-electron chi connectivity index (χ3n) is 4.18. The van der Waals surface area contributed by atoms with Crippen LogP contribution in [-0.4, -0.2) is 25.8 Å². The highest BCUT2D eigenvalue weighted by molar-refractivity contribution is 4.78. The van der Waals surface area contributed by atoms with E-state index >= 15 is 0 Å². The average Bonchev–Trinajstić information content (AvgIpc) is 2.81. The first-order chi connectivity index (χ1) is 7.36. The Bertz CT molecular complexity index is 171. The van der Waals surface area contributed by atoms with Crippen LogP contribution in [0.15, 0.2) is 0 Å². The second-order valence-electron chi connectivity index (χ2n) is 5.30. The minimum atomic E-state index is 0.732. The number of nitrogens with one attached hydrogen (secondary N) is 1. The van der Waals surface area contributed by atoms with Crippen LogP contribution in [0, 0.1) is 11.8 Å². The summed E-state index contributed by atoms with van der Waals surface area (Å²) in [6.07, 6.45) is 8.31. The van der Waals surface area contributed by atoms with Crippen molar-refractivity contribution in [2.75, 3.05) is 19.8 Å². The second kappa shape index (κ2) is 5.86. The molecule has 1 heterocycles. The molecule has 0 radical (unpaired) electrons. The molecule has 2 rings (SSSR count). The monoisotopic (exact) mass is 211 g/mol. The molecule has 2 nitrogen and oxygen atoms in total. The average molecular weight is 211 g/mol. The SMILES string of the molecule is C[C@@H](NCC1CCOCC1)C1CCCC1. The molecule has 2 aliphatic rings. The molecule has 1 saturated carbocycles. The first-order valence-corrected chi connectivity index (χ1v) is 6.67. The summed E-state index contributed by atoms with van der Waals surface area (Å²) in [5.41, 5.74) is 0. The van der Waals surface area contributed by atoms with Crippen molar-refractivity contribution in [3.63, 3.8) is 0 Å². The van der Waals surface area contributed by atoms with E-state index in [2.05, 4.69) is 12.2 Å². The van der Waals surface area contributed by atoms with E-state index in [0.29, 0.717) is 0 Å². The highest BCUT2D eigenvalue weighted by Crippen LogP contribution is 2.27. The van der Waals surface area contributed by atoms with E-state index in [1.165, 1.54) is 45.1 Å². The molecule has 15 heavy (non-hydrogen) atoms. The number of ether oxygens (including phenoxy) is 1. The van der Waals surface area contributed by atoms with Crippen LogP contribution in [0.3, 0.4) is 0 Å². The van der Waals surface area contributed by atoms with Gasteiger partial charge in [0.1, 0.15) is 0 Å². The largest absolute Gasteiger partial charge is 0.381 e. The Morgan fingerprint density at radius 2 is 1.80 bits per heavy atom. The summed E-state index contributed by atoms with van der Waals surface area (Å²) in [6.45, 7) is 5.53. The lowest BCUT2D eigenvalue weighted by Gasteiger charge is -2.26. The van der Waals surface area contributed by atoms with Gasteiger partial charge < -0.3 is 10.1 Å². The number of hydrogen-bond acceptors (Lipinski definition) is 2. The molecule has 0 aromatic rings. The molecule has 1 N–H and O–H groups in total. The minimum Gasteiger partial charge on any atom is -0.381 e. The van der Waals surface area contributed by atoms with Gasteiger partial charge in [0.2, 0.25) is 0 Å². The highest BCUT2D eigenvalue weighted by atomic mass is 16.5. The Kier molecular flexibility index (Phi) is 4.45. The lowest BCUT2D eigenvalue weighted by Crippen LogP contribution is -2.37. The van der Waals surface area contributed by atoms with Crippen molar-refractivity contribution in [1.82, 2.24) is 5.32 Å². The smallest absolute Gasteiger partial charge is 0.0469 e. The van der Waals surface area contributed by atoms with Gasteiger partial charge in [0.15, 0.2) is 0 Å². The van der Waals surface area contributed by atoms with Crippen LogP contribution < -0.4 is 5.32 Å². The van der Waals surface area contributed by atoms with Crippen molar-refractivity contribution in [1.29, 1.82) is 0 Å². The third-order valence-corrected chi connectivity index (χ3v) is 4.18. The molecule has 2 fully saturated rings. The van der Waals surface area contributed by atoms with Crippen molar-refractivity contribution < 1.29 is 4.74 Å². The lowest BCUT2D eigenvalue weighted by atomic mass is 9.96. The summed E-state index contributed by atoms with van der Waals surface area (Å²) < 4.78 is 5.38. The molecule has 0 aromatic heterocycles. The molecule has 0 amide bonds. The molecule has 1 aliphatic carbocycles. The van der Waals surface area contributed by atoms with E-state index in [1.54, 1.807) is 0 Å². The van der Waals surface area contributed by atoms with Crippen molar-refractivity contribution in [2.45, 2.75) is 51.5 Å². The molecule has 2 heteroatoms. The fourth-order valence-electron chi connectivity index (χ4n) is 2.93. The Hall–Kier alpha value is -0.0800. The van der Waals surface area contributed by atoms with Gasteiger partial charge in [-0.2, -0.15) is 0 Å². The van der Waals surface area contributed by atoms with Crippen molar-refractivity contribution in [2.24, 2.45) is 11.8 Å². The Morgan fingerprint density at radius 1 is 1.13 bits per heavy atom. The fraction of sp³-hybridized carbons (Fsp3) is 1.00. The van der Waals surface area contributed by atoms with Gasteiger partial charge in [-0.15, -0.1) is 0 Å². The Morgan fingerprint density at radius 3 is 2.47 bits per heavy atom. The van der Waals surface area contributed by atoms with Crippen LogP contribution in [0.1, 0.15) is 45.4 Å². The molecule has 0 spiro atoms. The quantitative estimate of drug-likeness (QED) is 0.771. The van der Waals surface area contributed by atoms with Crippen LogP contribution >= 0.6 is 0 Å². The maximum absolute atomic E-state index is 5.38. The van der Waals surface area contributed by atoms with Gasteiger partial charge in [0.25, 0.3) is 0 Å². The predicted octanol–water partition coefficient (Wildman–Crippen LogP) is 2.58. The summed E-state index contributed by atoms with van der Waals surface area (Å²) in [4.78, 5) is 0. The second-order valence-corrected chi connectivity index (χ2v) is 5.30. The van der Waals surface area contributed by atoms with Crippen LogP contribution in [0.25, 0.3) is 0 Å². The van der Waals surface area contributed by atoms with E-state index in [-0.39, 0.29) is 0 Å². The first kappa shape index (κ1) is 11.4. The van der Waals surface area contributed by atoms with Gasteiger partial charge in [-0.05, 0) is 51.0 Å². The lowest BCUT2D eigenvalue weighted by molar-refractivity contribution is 0.0649. The zero-order chi connectivity index (χ0) is 10.5. The van der Waals surface area contributed by atoms with Gasteiger partial charge >= 0.3 is 0 Å². The van der Waals surface area contributed by atoms with Crippen LogP contribution in [0.5, 0.6) is 0 Å². The van der Waals surface area contributed by atoms with E-state index in [1.807, 2.05) is 0 Å². The third kappa shape index (κ3) is 3.46. The first-order valence-electron chi connectivity index (χ1n) is 6.67. The summed E-state index contributed by atoms with van der Waals surface area (Å²) in [5, 5.41) is 3.74. The van der Waals surface area contributed by atoms with E-state index in [9.17, 15) is 0 Å². The van der Waals surface area contributed by atoms with Gasteiger partial charge in [-0.3, -0.25) is 0 Å². The zero-order valence-electron chi connectivity index (χ0n) is 10.0. The summed E-state index contributed by atoms with van der Waals surface area (Å²) >= 11 is 0. The normalized spacial score (nSPS) is 27.0. The van der Waals surface area contributed by atoms with E-state index < -0.39 is 0 Å². The maximum Gasteiger partial charge on any atom is 0.0469 e. The van der Waals surface area contributed by atoms with Crippen molar-refractivity contribution in [3.8, 4) is 0 Å². The number of rotatable bonds is 4. The standard InChI is InChI=1S/C13H25NO/c1-11(13-4-2-3-5-13)14-10-12-6-8-15-9-7-12/h11-14H,2-10H2,1H3/t11-/m1/s1. The van der Waals surface area contributed by atoms with Gasteiger partial charge in [0.05, 0.1) is 0 Å². The molecular weight excluding hydrogens is 186 g/mol. The van der Waals surface area contributed by atoms with Gasteiger partial charge in [0, 0.05) is 19.3 Å². The topological polar surface area (TPSA) is 21.3 Å².